The van der Waals surface area contributed by atoms with Crippen molar-refractivity contribution in [1.82, 2.24) is 24.5 Å². The predicted molar refractivity (Wildman–Crippen MR) is 139 cm³/mol. The molecule has 4 aromatic heterocycles. The molecular formula is C26H34N6OS. The van der Waals surface area contributed by atoms with E-state index in [1.165, 1.54) is 48.6 Å². The number of carbonyl (C=O) groups is 1. The van der Waals surface area contributed by atoms with Crippen molar-refractivity contribution in [2.45, 2.75) is 65.7 Å². The van der Waals surface area contributed by atoms with Gasteiger partial charge in [0.2, 0.25) is 5.91 Å². The van der Waals surface area contributed by atoms with E-state index in [2.05, 4.69) is 60.8 Å². The van der Waals surface area contributed by atoms with Gasteiger partial charge in [0.25, 0.3) is 0 Å². The van der Waals surface area contributed by atoms with E-state index in [1.54, 1.807) is 6.33 Å². The molecule has 0 bridgehead atoms. The van der Waals surface area contributed by atoms with Crippen LogP contribution in [0.2, 0.25) is 0 Å². The van der Waals surface area contributed by atoms with E-state index in [-0.39, 0.29) is 5.91 Å². The van der Waals surface area contributed by atoms with Gasteiger partial charge in [-0.25, -0.2) is 9.50 Å². The van der Waals surface area contributed by atoms with Crippen molar-refractivity contribution in [2.24, 2.45) is 5.73 Å². The minimum absolute atomic E-state index is 0.234. The number of aryl methyl sites for hydroxylation is 2. The van der Waals surface area contributed by atoms with Crippen LogP contribution >= 0.6 is 11.3 Å². The molecule has 0 saturated carbocycles. The van der Waals surface area contributed by atoms with Gasteiger partial charge in [0.15, 0.2) is 5.65 Å². The number of fused-ring (bicyclic) bond motifs is 2. The molecule has 34 heavy (non-hydrogen) atoms. The van der Waals surface area contributed by atoms with Gasteiger partial charge in [-0.1, -0.05) is 13.8 Å². The third kappa shape index (κ3) is 3.82. The van der Waals surface area contributed by atoms with Gasteiger partial charge in [-0.3, -0.25) is 9.69 Å². The number of aromatic nitrogens is 4. The third-order valence-electron chi connectivity index (χ3n) is 7.50. The summed E-state index contributed by atoms with van der Waals surface area (Å²) in [5.41, 5.74) is 14.0. The highest BCUT2D eigenvalue weighted by molar-refractivity contribution is 7.19. The standard InChI is InChI=1S/C26H34N6OS/c1-14(2)21-22-17(5)24(18-7-6-9-31(10-8-18)12-20(27)33)34-26(22)30-23(21)19-11-32-25(28-13-29-32)16(4)15(19)3/h11,13-14,18,30H,6-10,12H2,1-5H3,(H2,27,33)/t18-/m0/s1. The molecule has 0 unspecified atom stereocenters. The topological polar surface area (TPSA) is 92.3 Å². The Kier molecular flexibility index (Phi) is 5.98. The lowest BCUT2D eigenvalue weighted by Gasteiger charge is -2.18. The van der Waals surface area contributed by atoms with Crippen molar-refractivity contribution < 1.29 is 4.79 Å². The minimum Gasteiger partial charge on any atom is -0.369 e. The van der Waals surface area contributed by atoms with Crippen molar-refractivity contribution in [3.8, 4) is 11.3 Å². The van der Waals surface area contributed by atoms with E-state index >= 15 is 0 Å². The lowest BCUT2D eigenvalue weighted by molar-refractivity contribution is -0.119. The van der Waals surface area contributed by atoms with Crippen molar-refractivity contribution in [2.75, 3.05) is 19.6 Å². The maximum absolute atomic E-state index is 11.4. The normalized spacial score (nSPS) is 17.8. The number of carbonyl (C=O) groups excluding carboxylic acids is 1. The molecule has 5 rings (SSSR count). The highest BCUT2D eigenvalue weighted by Gasteiger charge is 2.27. The summed E-state index contributed by atoms with van der Waals surface area (Å²) in [5.74, 6) is 0.682. The van der Waals surface area contributed by atoms with Crippen LogP contribution in [0.25, 0.3) is 27.1 Å². The molecule has 1 atom stereocenters. The second-order valence-corrected chi connectivity index (χ2v) is 11.1. The second kappa shape index (κ2) is 8.82. The molecule has 1 aliphatic heterocycles. The Labute approximate surface area is 204 Å². The van der Waals surface area contributed by atoms with E-state index in [0.717, 1.165) is 38.0 Å². The number of hydrogen-bond donors (Lipinski definition) is 2. The number of rotatable bonds is 5. The van der Waals surface area contributed by atoms with Crippen LogP contribution in [0, 0.1) is 20.8 Å². The summed E-state index contributed by atoms with van der Waals surface area (Å²) < 4.78 is 1.89. The van der Waals surface area contributed by atoms with Gasteiger partial charge in [-0.05, 0) is 87.2 Å². The van der Waals surface area contributed by atoms with Gasteiger partial charge in [0, 0.05) is 22.0 Å². The number of primary amides is 1. The molecule has 0 spiro atoms. The Hall–Kier alpha value is -2.71. The van der Waals surface area contributed by atoms with Crippen LogP contribution in [-0.4, -0.2) is 50.0 Å². The Bertz CT molecular complexity index is 1380. The number of hydrogen-bond acceptors (Lipinski definition) is 5. The largest absolute Gasteiger partial charge is 0.369 e. The minimum atomic E-state index is -0.234. The Morgan fingerprint density at radius 2 is 2.00 bits per heavy atom. The molecule has 7 nitrogen and oxygen atoms in total. The molecule has 0 aliphatic carbocycles. The summed E-state index contributed by atoms with van der Waals surface area (Å²) in [7, 11) is 0. The van der Waals surface area contributed by atoms with Crippen molar-refractivity contribution in [3.05, 3.63) is 39.7 Å². The molecule has 4 aromatic rings. The van der Waals surface area contributed by atoms with Crippen LogP contribution in [0.5, 0.6) is 0 Å². The van der Waals surface area contributed by atoms with Crippen LogP contribution in [0.3, 0.4) is 0 Å². The van der Waals surface area contributed by atoms with Gasteiger partial charge in [-0.15, -0.1) is 11.3 Å². The molecule has 0 radical (unpaired) electrons. The number of nitrogens with zero attached hydrogens (tertiary/aromatic N) is 4. The number of pyridine rings is 1. The van der Waals surface area contributed by atoms with Crippen LogP contribution in [-0.2, 0) is 4.79 Å². The zero-order valence-corrected chi connectivity index (χ0v) is 21.6. The fourth-order valence-electron chi connectivity index (χ4n) is 5.68. The monoisotopic (exact) mass is 478 g/mol. The number of H-pyrrole nitrogens is 1. The van der Waals surface area contributed by atoms with E-state index < -0.39 is 0 Å². The number of likely N-dealkylation sites (tertiary alicyclic amines) is 1. The first-order valence-corrected chi connectivity index (χ1v) is 13.0. The van der Waals surface area contributed by atoms with E-state index in [1.807, 2.05) is 15.9 Å². The van der Waals surface area contributed by atoms with E-state index in [9.17, 15) is 4.79 Å². The number of thiophene rings is 1. The molecule has 8 heteroatoms. The van der Waals surface area contributed by atoms with E-state index in [4.69, 9.17) is 5.73 Å². The summed E-state index contributed by atoms with van der Waals surface area (Å²) in [5, 5.41) is 5.80. The lowest BCUT2D eigenvalue weighted by Crippen LogP contribution is -2.34. The highest BCUT2D eigenvalue weighted by atomic mass is 32.1. The zero-order valence-electron chi connectivity index (χ0n) is 20.7. The van der Waals surface area contributed by atoms with Crippen molar-refractivity contribution >= 4 is 33.1 Å². The lowest BCUT2D eigenvalue weighted by atomic mass is 9.91. The second-order valence-electron chi connectivity index (χ2n) is 10.1. The number of amides is 1. The van der Waals surface area contributed by atoms with Crippen molar-refractivity contribution in [1.29, 1.82) is 0 Å². The number of nitrogens with one attached hydrogen (secondary N) is 1. The predicted octanol–water partition coefficient (Wildman–Crippen LogP) is 5.04. The first-order chi connectivity index (χ1) is 16.3. The van der Waals surface area contributed by atoms with Crippen LogP contribution in [0.4, 0.5) is 0 Å². The molecule has 5 heterocycles. The molecule has 1 saturated heterocycles. The number of nitrogens with two attached hydrogens (primary N) is 1. The Morgan fingerprint density at radius 1 is 1.21 bits per heavy atom. The van der Waals surface area contributed by atoms with Gasteiger partial charge < -0.3 is 10.7 Å². The molecule has 1 aliphatic rings. The van der Waals surface area contributed by atoms with Gasteiger partial charge >= 0.3 is 0 Å². The molecule has 180 valence electrons. The Morgan fingerprint density at radius 3 is 2.74 bits per heavy atom. The summed E-state index contributed by atoms with van der Waals surface area (Å²) >= 11 is 1.92. The summed E-state index contributed by atoms with van der Waals surface area (Å²) in [6.07, 6.45) is 7.06. The first kappa shape index (κ1) is 23.1. The smallest absolute Gasteiger partial charge is 0.231 e. The zero-order chi connectivity index (χ0) is 24.1. The fourth-order valence-corrected chi connectivity index (χ4v) is 7.07. The molecule has 0 aromatic carbocycles. The van der Waals surface area contributed by atoms with Gasteiger partial charge in [0.1, 0.15) is 11.2 Å². The molecule has 1 amide bonds. The quantitative estimate of drug-likeness (QED) is 0.420. The maximum Gasteiger partial charge on any atom is 0.231 e. The maximum atomic E-state index is 11.4. The van der Waals surface area contributed by atoms with Crippen LogP contribution in [0.15, 0.2) is 12.5 Å². The molecule has 1 fully saturated rings. The SMILES string of the molecule is Cc1c(-c2[nH]c3sc([C@H]4CCCN(CC(N)=O)CC4)c(C)c3c2C(C)C)cn2ncnc2c1C. The summed E-state index contributed by atoms with van der Waals surface area (Å²) in [6, 6.07) is 0. The average Bonchev–Trinajstić information content (AvgIpc) is 3.42. The Balaban J connectivity index is 1.57. The van der Waals surface area contributed by atoms with Crippen LogP contribution in [0.1, 0.15) is 72.1 Å². The summed E-state index contributed by atoms with van der Waals surface area (Å²) in [4.78, 5) is 24.6. The average molecular weight is 479 g/mol. The van der Waals surface area contributed by atoms with Gasteiger partial charge in [-0.2, -0.15) is 5.10 Å². The molecular weight excluding hydrogens is 444 g/mol. The highest BCUT2D eigenvalue weighted by Crippen LogP contribution is 2.46. The van der Waals surface area contributed by atoms with Crippen LogP contribution < -0.4 is 5.73 Å². The third-order valence-corrected chi connectivity index (χ3v) is 8.87. The summed E-state index contributed by atoms with van der Waals surface area (Å²) in [6.45, 7) is 13.4. The van der Waals surface area contributed by atoms with Gasteiger partial charge in [0.05, 0.1) is 12.2 Å². The molecule has 3 N–H and O–H groups in total. The fraction of sp³-hybridized carbons (Fsp3) is 0.500. The number of aromatic amines is 1. The first-order valence-electron chi connectivity index (χ1n) is 12.2. The van der Waals surface area contributed by atoms with Crippen molar-refractivity contribution in [3.63, 3.8) is 0 Å². The van der Waals surface area contributed by atoms with E-state index in [0.29, 0.717) is 18.4 Å².